The summed E-state index contributed by atoms with van der Waals surface area (Å²) in [6, 6.07) is 29.4. The van der Waals surface area contributed by atoms with Crippen LogP contribution in [0, 0.1) is 0 Å². The number of anilines is 1. The van der Waals surface area contributed by atoms with Crippen molar-refractivity contribution in [2.45, 2.75) is 32.5 Å². The maximum atomic E-state index is 14.2. The van der Waals surface area contributed by atoms with Crippen LogP contribution in [0.15, 0.2) is 103 Å². The van der Waals surface area contributed by atoms with E-state index in [2.05, 4.69) is 5.32 Å². The molecule has 0 fully saturated rings. The zero-order valence-corrected chi connectivity index (χ0v) is 27.4. The Morgan fingerprint density at radius 3 is 1.96 bits per heavy atom. The number of halogens is 2. The van der Waals surface area contributed by atoms with E-state index in [1.165, 1.54) is 4.90 Å². The summed E-state index contributed by atoms with van der Waals surface area (Å²) in [5, 5.41) is 3.46. The van der Waals surface area contributed by atoms with E-state index in [9.17, 15) is 18.0 Å². The third-order valence-electron chi connectivity index (χ3n) is 7.06. The van der Waals surface area contributed by atoms with Gasteiger partial charge in [-0.05, 0) is 54.4 Å². The smallest absolute Gasteiger partial charge is 0.244 e. The molecule has 1 atom stereocenters. The number of hydrogen-bond acceptors (Lipinski definition) is 5. The van der Waals surface area contributed by atoms with Crippen molar-refractivity contribution < 1.29 is 22.7 Å². The molecule has 0 bridgehead atoms. The number of carbonyl (C=O) groups is 2. The molecule has 4 aromatic carbocycles. The van der Waals surface area contributed by atoms with Crippen LogP contribution in [0.5, 0.6) is 5.75 Å². The third kappa shape index (κ3) is 9.47. The molecule has 45 heavy (non-hydrogen) atoms. The fourth-order valence-electron chi connectivity index (χ4n) is 4.76. The van der Waals surface area contributed by atoms with Gasteiger partial charge in [0.2, 0.25) is 21.8 Å². The highest BCUT2D eigenvalue weighted by Gasteiger charge is 2.33. The van der Waals surface area contributed by atoms with Crippen LogP contribution >= 0.6 is 23.2 Å². The fourth-order valence-corrected chi connectivity index (χ4v) is 6.13. The molecule has 0 aliphatic carbocycles. The zero-order valence-electron chi connectivity index (χ0n) is 25.0. The number of amides is 2. The molecule has 0 aliphatic rings. The highest BCUT2D eigenvalue weighted by Crippen LogP contribution is 2.28. The van der Waals surface area contributed by atoms with Crippen molar-refractivity contribution in [2.75, 3.05) is 23.7 Å². The third-order valence-corrected chi connectivity index (χ3v) is 8.91. The molecule has 0 aliphatic heterocycles. The lowest BCUT2D eigenvalue weighted by Crippen LogP contribution is -2.53. The summed E-state index contributed by atoms with van der Waals surface area (Å²) in [4.78, 5) is 29.0. The van der Waals surface area contributed by atoms with Crippen molar-refractivity contribution in [2.24, 2.45) is 0 Å². The van der Waals surface area contributed by atoms with Gasteiger partial charge >= 0.3 is 0 Å². The average molecular weight is 669 g/mol. The van der Waals surface area contributed by atoms with E-state index in [0.29, 0.717) is 34.5 Å². The summed E-state index contributed by atoms with van der Waals surface area (Å²) < 4.78 is 33.0. The summed E-state index contributed by atoms with van der Waals surface area (Å²) in [6.45, 7) is 1.79. The highest BCUT2D eigenvalue weighted by molar-refractivity contribution is 7.92. The van der Waals surface area contributed by atoms with Gasteiger partial charge in [0.05, 0.1) is 11.9 Å². The fraction of sp³-hybridized carbons (Fsp3) is 0.235. The topological polar surface area (TPSA) is 96.0 Å². The maximum absolute atomic E-state index is 14.2. The minimum atomic E-state index is -3.93. The number of nitrogens with zero attached hydrogens (tertiary/aromatic N) is 2. The van der Waals surface area contributed by atoms with Crippen molar-refractivity contribution in [1.29, 1.82) is 0 Å². The zero-order chi connectivity index (χ0) is 32.4. The Labute approximate surface area is 274 Å². The van der Waals surface area contributed by atoms with Gasteiger partial charge in [0.15, 0.2) is 0 Å². The van der Waals surface area contributed by atoms with Crippen molar-refractivity contribution >= 4 is 50.7 Å². The van der Waals surface area contributed by atoms with E-state index in [1.54, 1.807) is 49.4 Å². The summed E-state index contributed by atoms with van der Waals surface area (Å²) in [5.74, 6) is -0.451. The Hall–Kier alpha value is -4.05. The van der Waals surface area contributed by atoms with Crippen LogP contribution in [0.4, 0.5) is 5.69 Å². The molecule has 0 saturated carbocycles. The molecule has 0 aromatic heterocycles. The molecule has 1 N–H and O–H groups in total. The molecule has 0 heterocycles. The number of sulfonamides is 1. The second-order valence-corrected chi connectivity index (χ2v) is 13.1. The molecule has 8 nitrogen and oxygen atoms in total. The summed E-state index contributed by atoms with van der Waals surface area (Å²) >= 11 is 13.0. The van der Waals surface area contributed by atoms with Gasteiger partial charge in [-0.2, -0.15) is 0 Å². The van der Waals surface area contributed by atoms with E-state index in [-0.39, 0.29) is 24.6 Å². The molecule has 0 saturated heterocycles. The number of rotatable bonds is 14. The van der Waals surface area contributed by atoms with Gasteiger partial charge in [-0.1, -0.05) is 89.9 Å². The Balaban J connectivity index is 1.66. The predicted molar refractivity (Wildman–Crippen MR) is 179 cm³/mol. The summed E-state index contributed by atoms with van der Waals surface area (Å²) in [6.07, 6.45) is 1.22. The van der Waals surface area contributed by atoms with Crippen LogP contribution in [0.1, 0.15) is 23.6 Å². The Morgan fingerprint density at radius 1 is 0.822 bits per heavy atom. The largest absolute Gasteiger partial charge is 0.489 e. The standard InChI is InChI=1S/C34H35Cl2N3O5S/c1-3-37-34(41)32(21-25-11-6-4-7-12-25)38(22-29-30(35)15-10-16-31(29)36)33(40)23-39(45(2,42)43)27-17-19-28(20-18-27)44-24-26-13-8-5-9-14-26/h4-20,32H,3,21-24H2,1-2H3,(H,37,41)/t32-/m0/s1. The molecular weight excluding hydrogens is 633 g/mol. The number of ether oxygens (including phenoxy) is 1. The van der Waals surface area contributed by atoms with Crippen LogP contribution in [-0.2, 0) is 39.2 Å². The maximum Gasteiger partial charge on any atom is 0.244 e. The van der Waals surface area contributed by atoms with E-state index in [0.717, 1.165) is 21.7 Å². The number of benzene rings is 4. The molecule has 0 unspecified atom stereocenters. The molecule has 11 heteroatoms. The van der Waals surface area contributed by atoms with E-state index in [1.807, 2.05) is 60.7 Å². The lowest BCUT2D eigenvalue weighted by Gasteiger charge is -2.33. The summed E-state index contributed by atoms with van der Waals surface area (Å²) in [7, 11) is -3.93. The predicted octanol–water partition coefficient (Wildman–Crippen LogP) is 6.11. The van der Waals surface area contributed by atoms with Crippen molar-refractivity contribution in [1.82, 2.24) is 10.2 Å². The van der Waals surface area contributed by atoms with Crippen LogP contribution < -0.4 is 14.4 Å². The summed E-state index contributed by atoms with van der Waals surface area (Å²) in [5.41, 5.74) is 2.53. The normalized spacial score (nSPS) is 11.8. The van der Waals surface area contributed by atoms with E-state index < -0.39 is 28.5 Å². The van der Waals surface area contributed by atoms with Gasteiger partial charge in [-0.15, -0.1) is 0 Å². The second-order valence-electron chi connectivity index (χ2n) is 10.4. The lowest BCUT2D eigenvalue weighted by molar-refractivity contribution is -0.140. The van der Waals surface area contributed by atoms with Crippen LogP contribution in [0.2, 0.25) is 10.0 Å². The van der Waals surface area contributed by atoms with Gasteiger partial charge in [-0.3, -0.25) is 13.9 Å². The molecule has 0 spiro atoms. The van der Waals surface area contributed by atoms with Gasteiger partial charge in [0.25, 0.3) is 0 Å². The highest BCUT2D eigenvalue weighted by atomic mass is 35.5. The first-order valence-electron chi connectivity index (χ1n) is 14.3. The van der Waals surface area contributed by atoms with Gasteiger partial charge in [0, 0.05) is 35.1 Å². The number of hydrogen-bond donors (Lipinski definition) is 1. The molecule has 4 rings (SSSR count). The lowest BCUT2D eigenvalue weighted by atomic mass is 10.0. The second kappa shape index (κ2) is 15.8. The van der Waals surface area contributed by atoms with Crippen LogP contribution in [0.3, 0.4) is 0 Å². The first kappa shape index (κ1) is 33.8. The SMILES string of the molecule is CCNC(=O)[C@H](Cc1ccccc1)N(Cc1c(Cl)cccc1Cl)C(=O)CN(c1ccc(OCc2ccccc2)cc1)S(C)(=O)=O. The molecular formula is C34H35Cl2N3O5S. The Bertz CT molecular complexity index is 1670. The van der Waals surface area contributed by atoms with Crippen molar-refractivity contribution in [3.05, 3.63) is 130 Å². The number of carbonyl (C=O) groups excluding carboxylic acids is 2. The average Bonchev–Trinajstić information content (AvgIpc) is 3.02. The first-order chi connectivity index (χ1) is 21.6. The minimum Gasteiger partial charge on any atom is -0.489 e. The molecule has 4 aromatic rings. The van der Waals surface area contributed by atoms with Gasteiger partial charge in [0.1, 0.15) is 24.9 Å². The van der Waals surface area contributed by atoms with E-state index in [4.69, 9.17) is 27.9 Å². The monoisotopic (exact) mass is 667 g/mol. The molecule has 236 valence electrons. The van der Waals surface area contributed by atoms with Crippen molar-refractivity contribution in [3.63, 3.8) is 0 Å². The quantitative estimate of drug-likeness (QED) is 0.175. The Morgan fingerprint density at radius 2 is 1.40 bits per heavy atom. The molecule has 2 amide bonds. The Kier molecular flexibility index (Phi) is 11.9. The first-order valence-corrected chi connectivity index (χ1v) is 17.0. The van der Waals surface area contributed by atoms with Gasteiger partial charge in [-0.25, -0.2) is 8.42 Å². The van der Waals surface area contributed by atoms with Crippen molar-refractivity contribution in [3.8, 4) is 5.75 Å². The van der Waals surface area contributed by atoms with Crippen LogP contribution in [0.25, 0.3) is 0 Å². The molecule has 0 radical (unpaired) electrons. The van der Waals surface area contributed by atoms with Gasteiger partial charge < -0.3 is 15.0 Å². The van der Waals surface area contributed by atoms with Crippen LogP contribution in [-0.4, -0.2) is 50.5 Å². The van der Waals surface area contributed by atoms with E-state index >= 15 is 0 Å². The number of likely N-dealkylation sites (N-methyl/N-ethyl adjacent to an activating group) is 1. The number of nitrogens with one attached hydrogen (secondary N) is 1. The minimum absolute atomic E-state index is 0.115.